The minimum Gasteiger partial charge on any atom is -0.324 e. The lowest BCUT2D eigenvalue weighted by molar-refractivity contribution is 0.191. The summed E-state index contributed by atoms with van der Waals surface area (Å²) in [6.45, 7) is 4.30. The average Bonchev–Trinajstić information content (AvgIpc) is 2.34. The van der Waals surface area contributed by atoms with E-state index in [1.54, 1.807) is 0 Å². The summed E-state index contributed by atoms with van der Waals surface area (Å²) in [6.07, 6.45) is 2.96. The molecule has 0 heterocycles. The van der Waals surface area contributed by atoms with Gasteiger partial charge in [0.05, 0.1) is 0 Å². The van der Waals surface area contributed by atoms with E-state index in [2.05, 4.69) is 13.8 Å². The first kappa shape index (κ1) is 14.4. The highest BCUT2D eigenvalue weighted by Crippen LogP contribution is 2.39. The molecular weight excluding hydrogens is 251 g/mol. The standard InChI is InChI=1S/C15H20F3N/c1-8-5-9(2)7-10(6-8)15(19)11-3-4-12(16)14(18)13(11)17/h3-4,8-10,15H,5-7,19H2,1-2H3. The number of halogens is 3. The lowest BCUT2D eigenvalue weighted by atomic mass is 9.72. The van der Waals surface area contributed by atoms with Gasteiger partial charge in [0.15, 0.2) is 17.5 Å². The van der Waals surface area contributed by atoms with E-state index in [0.29, 0.717) is 11.8 Å². The molecule has 1 aromatic rings. The number of nitrogens with two attached hydrogens (primary N) is 1. The van der Waals surface area contributed by atoms with Crippen LogP contribution in [0.2, 0.25) is 0 Å². The van der Waals surface area contributed by atoms with Crippen LogP contribution in [0.4, 0.5) is 13.2 Å². The number of benzene rings is 1. The first-order chi connectivity index (χ1) is 8.90. The molecule has 1 aliphatic rings. The zero-order valence-corrected chi connectivity index (χ0v) is 11.3. The van der Waals surface area contributed by atoms with Gasteiger partial charge in [-0.25, -0.2) is 13.2 Å². The topological polar surface area (TPSA) is 26.0 Å². The molecule has 0 radical (unpaired) electrons. The van der Waals surface area contributed by atoms with Crippen molar-refractivity contribution in [2.24, 2.45) is 23.5 Å². The Hall–Kier alpha value is -1.03. The second-order valence-electron chi connectivity index (χ2n) is 5.97. The summed E-state index contributed by atoms with van der Waals surface area (Å²) in [5, 5.41) is 0. The molecular formula is C15H20F3N. The number of hydrogen-bond donors (Lipinski definition) is 1. The van der Waals surface area contributed by atoms with Crippen LogP contribution in [0.1, 0.15) is 44.7 Å². The van der Waals surface area contributed by atoms with Gasteiger partial charge in [-0.15, -0.1) is 0 Å². The van der Waals surface area contributed by atoms with E-state index in [4.69, 9.17) is 5.73 Å². The minimum absolute atomic E-state index is 0.0881. The molecule has 3 unspecified atom stereocenters. The van der Waals surface area contributed by atoms with Crippen LogP contribution >= 0.6 is 0 Å². The third-order valence-corrected chi connectivity index (χ3v) is 4.15. The van der Waals surface area contributed by atoms with E-state index in [1.807, 2.05) is 0 Å². The highest BCUT2D eigenvalue weighted by atomic mass is 19.2. The molecule has 2 N–H and O–H groups in total. The fourth-order valence-electron chi connectivity index (χ4n) is 3.35. The first-order valence-corrected chi connectivity index (χ1v) is 6.79. The van der Waals surface area contributed by atoms with Gasteiger partial charge in [0.1, 0.15) is 0 Å². The van der Waals surface area contributed by atoms with Crippen LogP contribution in [-0.4, -0.2) is 0 Å². The highest BCUT2D eigenvalue weighted by molar-refractivity contribution is 5.24. The number of rotatable bonds is 2. The van der Waals surface area contributed by atoms with E-state index in [-0.39, 0.29) is 11.5 Å². The van der Waals surface area contributed by atoms with Crippen LogP contribution in [-0.2, 0) is 0 Å². The summed E-state index contributed by atoms with van der Waals surface area (Å²) in [5.74, 6) is -2.54. The Morgan fingerprint density at radius 1 is 1.00 bits per heavy atom. The zero-order chi connectivity index (χ0) is 14.2. The monoisotopic (exact) mass is 271 g/mol. The van der Waals surface area contributed by atoms with Crippen molar-refractivity contribution in [3.05, 3.63) is 35.1 Å². The second-order valence-corrected chi connectivity index (χ2v) is 5.97. The molecule has 106 valence electrons. The molecule has 0 bridgehead atoms. The van der Waals surface area contributed by atoms with Gasteiger partial charge in [-0.2, -0.15) is 0 Å². The maximum absolute atomic E-state index is 13.8. The van der Waals surface area contributed by atoms with Crippen molar-refractivity contribution in [3.63, 3.8) is 0 Å². The molecule has 2 rings (SSSR count). The summed E-state index contributed by atoms with van der Waals surface area (Å²) in [4.78, 5) is 0. The zero-order valence-electron chi connectivity index (χ0n) is 11.3. The Morgan fingerprint density at radius 3 is 2.16 bits per heavy atom. The fourth-order valence-corrected chi connectivity index (χ4v) is 3.35. The average molecular weight is 271 g/mol. The van der Waals surface area contributed by atoms with E-state index in [1.165, 1.54) is 6.07 Å². The SMILES string of the molecule is CC1CC(C)CC(C(N)c2ccc(F)c(F)c2F)C1. The van der Waals surface area contributed by atoms with Gasteiger partial charge < -0.3 is 5.73 Å². The van der Waals surface area contributed by atoms with Crippen molar-refractivity contribution in [1.29, 1.82) is 0 Å². The largest absolute Gasteiger partial charge is 0.324 e. The van der Waals surface area contributed by atoms with Crippen LogP contribution in [0.5, 0.6) is 0 Å². The molecule has 19 heavy (non-hydrogen) atoms. The Balaban J connectivity index is 2.24. The molecule has 1 aliphatic carbocycles. The Kier molecular flexibility index (Phi) is 4.19. The number of hydrogen-bond acceptors (Lipinski definition) is 1. The van der Waals surface area contributed by atoms with Crippen LogP contribution < -0.4 is 5.73 Å². The molecule has 3 atom stereocenters. The molecule has 0 amide bonds. The Morgan fingerprint density at radius 2 is 1.58 bits per heavy atom. The van der Waals surface area contributed by atoms with E-state index >= 15 is 0 Å². The van der Waals surface area contributed by atoms with Crippen LogP contribution in [0.3, 0.4) is 0 Å². The predicted molar refractivity (Wildman–Crippen MR) is 68.9 cm³/mol. The van der Waals surface area contributed by atoms with E-state index < -0.39 is 23.5 Å². The van der Waals surface area contributed by atoms with E-state index in [9.17, 15) is 13.2 Å². The van der Waals surface area contributed by atoms with Crippen LogP contribution in [0.25, 0.3) is 0 Å². The van der Waals surface area contributed by atoms with Gasteiger partial charge in [0, 0.05) is 11.6 Å². The summed E-state index contributed by atoms with van der Waals surface area (Å²) < 4.78 is 40.0. The summed E-state index contributed by atoms with van der Waals surface area (Å²) in [7, 11) is 0. The van der Waals surface area contributed by atoms with Gasteiger partial charge in [-0.1, -0.05) is 19.9 Å². The third-order valence-electron chi connectivity index (χ3n) is 4.15. The molecule has 1 saturated carbocycles. The van der Waals surface area contributed by atoms with Gasteiger partial charge in [0.2, 0.25) is 0 Å². The normalized spacial score (nSPS) is 29.3. The summed E-state index contributed by atoms with van der Waals surface area (Å²) >= 11 is 0. The van der Waals surface area contributed by atoms with Crippen molar-refractivity contribution in [3.8, 4) is 0 Å². The molecule has 0 aliphatic heterocycles. The maximum atomic E-state index is 13.8. The molecule has 1 fully saturated rings. The summed E-state index contributed by atoms with van der Waals surface area (Å²) in [5.41, 5.74) is 6.17. The maximum Gasteiger partial charge on any atom is 0.194 e. The second kappa shape index (κ2) is 5.53. The third kappa shape index (κ3) is 2.94. The van der Waals surface area contributed by atoms with Crippen LogP contribution in [0.15, 0.2) is 12.1 Å². The first-order valence-electron chi connectivity index (χ1n) is 6.79. The molecule has 4 heteroatoms. The van der Waals surface area contributed by atoms with Gasteiger partial charge in [0.25, 0.3) is 0 Å². The quantitative estimate of drug-likeness (QED) is 0.802. The van der Waals surface area contributed by atoms with Crippen molar-refractivity contribution >= 4 is 0 Å². The van der Waals surface area contributed by atoms with Crippen molar-refractivity contribution < 1.29 is 13.2 Å². The lowest BCUT2D eigenvalue weighted by Crippen LogP contribution is -2.30. The van der Waals surface area contributed by atoms with E-state index in [0.717, 1.165) is 25.3 Å². The molecule has 0 spiro atoms. The Labute approximate surface area is 112 Å². The van der Waals surface area contributed by atoms with Crippen molar-refractivity contribution in [2.75, 3.05) is 0 Å². The predicted octanol–water partition coefficient (Wildman–Crippen LogP) is 4.18. The molecule has 0 aromatic heterocycles. The van der Waals surface area contributed by atoms with Crippen molar-refractivity contribution in [1.82, 2.24) is 0 Å². The molecule has 1 aromatic carbocycles. The molecule has 0 saturated heterocycles. The van der Waals surface area contributed by atoms with Gasteiger partial charge in [-0.3, -0.25) is 0 Å². The molecule has 1 nitrogen and oxygen atoms in total. The van der Waals surface area contributed by atoms with Crippen molar-refractivity contribution in [2.45, 2.75) is 39.2 Å². The smallest absolute Gasteiger partial charge is 0.194 e. The fraction of sp³-hybridized carbons (Fsp3) is 0.600. The highest BCUT2D eigenvalue weighted by Gasteiger charge is 2.31. The van der Waals surface area contributed by atoms with Crippen LogP contribution in [0, 0.1) is 35.2 Å². The lowest BCUT2D eigenvalue weighted by Gasteiger charge is -2.35. The Bertz CT molecular complexity index is 451. The summed E-state index contributed by atoms with van der Waals surface area (Å²) in [6, 6.07) is 1.64. The minimum atomic E-state index is -1.43. The van der Waals surface area contributed by atoms with Gasteiger partial charge in [-0.05, 0) is 43.1 Å². The van der Waals surface area contributed by atoms with Gasteiger partial charge >= 0.3 is 0 Å².